The van der Waals surface area contributed by atoms with Crippen molar-refractivity contribution < 1.29 is 9.57 Å². The van der Waals surface area contributed by atoms with Crippen molar-refractivity contribution in [2.24, 2.45) is 0 Å². The molecule has 1 fully saturated rings. The van der Waals surface area contributed by atoms with Crippen LogP contribution in [0.5, 0.6) is 0 Å². The van der Waals surface area contributed by atoms with E-state index in [1.54, 1.807) is 14.2 Å². The van der Waals surface area contributed by atoms with E-state index in [9.17, 15) is 0 Å². The SMILES string of the molecule is CONC1CCC(OC)CC1. The Balaban J connectivity index is 2.14. The van der Waals surface area contributed by atoms with E-state index in [1.165, 1.54) is 0 Å². The number of hydrogen-bond donors (Lipinski definition) is 1. The lowest BCUT2D eigenvalue weighted by Crippen LogP contribution is -2.34. The Hall–Kier alpha value is -0.120. The zero-order valence-corrected chi connectivity index (χ0v) is 7.30. The van der Waals surface area contributed by atoms with E-state index in [0.717, 1.165) is 25.7 Å². The van der Waals surface area contributed by atoms with Crippen LogP contribution in [0.1, 0.15) is 25.7 Å². The summed E-state index contributed by atoms with van der Waals surface area (Å²) in [5.74, 6) is 0. The molecule has 66 valence electrons. The van der Waals surface area contributed by atoms with Gasteiger partial charge in [0.05, 0.1) is 13.2 Å². The molecule has 0 atom stereocenters. The Bertz CT molecular complexity index is 100. The maximum Gasteiger partial charge on any atom is 0.0572 e. The van der Waals surface area contributed by atoms with Gasteiger partial charge in [0.1, 0.15) is 0 Å². The van der Waals surface area contributed by atoms with Gasteiger partial charge in [-0.1, -0.05) is 0 Å². The molecule has 0 bridgehead atoms. The van der Waals surface area contributed by atoms with Crippen molar-refractivity contribution in [3.8, 4) is 0 Å². The Labute approximate surface area is 68.0 Å². The average Bonchev–Trinajstić information content (AvgIpc) is 2.07. The van der Waals surface area contributed by atoms with E-state index in [4.69, 9.17) is 9.57 Å². The molecule has 0 aromatic rings. The van der Waals surface area contributed by atoms with Gasteiger partial charge in [-0.15, -0.1) is 0 Å². The van der Waals surface area contributed by atoms with Gasteiger partial charge < -0.3 is 9.57 Å². The van der Waals surface area contributed by atoms with Crippen LogP contribution in [0.3, 0.4) is 0 Å². The third-order valence-electron chi connectivity index (χ3n) is 2.29. The first-order chi connectivity index (χ1) is 5.36. The molecule has 0 amide bonds. The summed E-state index contributed by atoms with van der Waals surface area (Å²) >= 11 is 0. The highest BCUT2D eigenvalue weighted by molar-refractivity contribution is 4.74. The van der Waals surface area contributed by atoms with Crippen molar-refractivity contribution in [3.63, 3.8) is 0 Å². The molecule has 11 heavy (non-hydrogen) atoms. The topological polar surface area (TPSA) is 30.5 Å². The van der Waals surface area contributed by atoms with Gasteiger partial charge in [-0.25, -0.2) is 0 Å². The smallest absolute Gasteiger partial charge is 0.0572 e. The summed E-state index contributed by atoms with van der Waals surface area (Å²) in [4.78, 5) is 4.86. The minimum Gasteiger partial charge on any atom is -0.381 e. The molecule has 3 heteroatoms. The van der Waals surface area contributed by atoms with Crippen molar-refractivity contribution in [1.82, 2.24) is 5.48 Å². The van der Waals surface area contributed by atoms with Crippen LogP contribution >= 0.6 is 0 Å². The Morgan fingerprint density at radius 2 is 1.73 bits per heavy atom. The van der Waals surface area contributed by atoms with E-state index in [0.29, 0.717) is 12.1 Å². The second-order valence-electron chi connectivity index (χ2n) is 3.03. The molecule has 0 aromatic heterocycles. The quantitative estimate of drug-likeness (QED) is 0.625. The van der Waals surface area contributed by atoms with Crippen LogP contribution in [0.15, 0.2) is 0 Å². The van der Waals surface area contributed by atoms with Gasteiger partial charge >= 0.3 is 0 Å². The van der Waals surface area contributed by atoms with Crippen molar-refractivity contribution in [2.75, 3.05) is 14.2 Å². The standard InChI is InChI=1S/C8H17NO2/c1-10-8-5-3-7(4-6-8)9-11-2/h7-9H,3-6H2,1-2H3. The molecule has 0 radical (unpaired) electrons. The van der Waals surface area contributed by atoms with Gasteiger partial charge in [-0.05, 0) is 25.7 Å². The summed E-state index contributed by atoms with van der Waals surface area (Å²) in [6, 6.07) is 0.534. The van der Waals surface area contributed by atoms with Crippen molar-refractivity contribution in [1.29, 1.82) is 0 Å². The lowest BCUT2D eigenvalue weighted by molar-refractivity contribution is 0.0132. The van der Waals surface area contributed by atoms with E-state index >= 15 is 0 Å². The fourth-order valence-electron chi connectivity index (χ4n) is 1.58. The first-order valence-electron chi connectivity index (χ1n) is 4.18. The Kier molecular flexibility index (Phi) is 3.83. The molecule has 0 unspecified atom stereocenters. The number of rotatable bonds is 3. The average molecular weight is 159 g/mol. The fraction of sp³-hybridized carbons (Fsp3) is 1.00. The van der Waals surface area contributed by atoms with Crippen molar-refractivity contribution >= 4 is 0 Å². The molecule has 1 saturated carbocycles. The predicted octanol–water partition coefficient (Wildman–Crippen LogP) is 1.09. The third-order valence-corrected chi connectivity index (χ3v) is 2.29. The summed E-state index contributed by atoms with van der Waals surface area (Å²) < 4.78 is 5.25. The first-order valence-corrected chi connectivity index (χ1v) is 4.18. The Morgan fingerprint density at radius 3 is 2.18 bits per heavy atom. The summed E-state index contributed by atoms with van der Waals surface area (Å²) in [5, 5.41) is 0. The molecule has 0 spiro atoms. The Morgan fingerprint density at radius 1 is 1.09 bits per heavy atom. The summed E-state index contributed by atoms with van der Waals surface area (Å²) in [5.41, 5.74) is 2.97. The molecule has 0 saturated heterocycles. The normalized spacial score (nSPS) is 32.2. The first kappa shape index (κ1) is 8.97. The second-order valence-corrected chi connectivity index (χ2v) is 3.03. The second kappa shape index (κ2) is 4.70. The van der Waals surface area contributed by atoms with Gasteiger partial charge in [-0.3, -0.25) is 0 Å². The number of hydrogen-bond acceptors (Lipinski definition) is 3. The van der Waals surface area contributed by atoms with E-state index < -0.39 is 0 Å². The zero-order chi connectivity index (χ0) is 8.10. The molecule has 0 heterocycles. The minimum atomic E-state index is 0.477. The van der Waals surface area contributed by atoms with E-state index in [2.05, 4.69) is 5.48 Å². The molecule has 0 aromatic carbocycles. The fourth-order valence-corrected chi connectivity index (χ4v) is 1.58. The summed E-state index contributed by atoms with van der Waals surface area (Å²) in [6.07, 6.45) is 5.10. The monoisotopic (exact) mass is 159 g/mol. The number of methoxy groups -OCH3 is 1. The van der Waals surface area contributed by atoms with Crippen molar-refractivity contribution in [2.45, 2.75) is 37.8 Å². The van der Waals surface area contributed by atoms with Gasteiger partial charge in [0.2, 0.25) is 0 Å². The van der Waals surface area contributed by atoms with E-state index in [1.807, 2.05) is 0 Å². The highest BCUT2D eigenvalue weighted by Crippen LogP contribution is 2.20. The molecule has 0 aliphatic heterocycles. The van der Waals surface area contributed by atoms with Crippen LogP contribution in [-0.2, 0) is 9.57 Å². The molecule has 1 N–H and O–H groups in total. The summed E-state index contributed by atoms with van der Waals surface area (Å²) in [7, 11) is 3.46. The maximum atomic E-state index is 5.25. The highest BCUT2D eigenvalue weighted by Gasteiger charge is 2.19. The largest absolute Gasteiger partial charge is 0.381 e. The van der Waals surface area contributed by atoms with Gasteiger partial charge in [0.25, 0.3) is 0 Å². The molecular weight excluding hydrogens is 142 g/mol. The highest BCUT2D eigenvalue weighted by atomic mass is 16.6. The van der Waals surface area contributed by atoms with E-state index in [-0.39, 0.29) is 0 Å². The van der Waals surface area contributed by atoms with Crippen LogP contribution in [0.4, 0.5) is 0 Å². The zero-order valence-electron chi connectivity index (χ0n) is 7.30. The van der Waals surface area contributed by atoms with Gasteiger partial charge in [0.15, 0.2) is 0 Å². The van der Waals surface area contributed by atoms with Crippen LogP contribution in [-0.4, -0.2) is 26.4 Å². The number of ether oxygens (including phenoxy) is 1. The number of nitrogens with one attached hydrogen (secondary N) is 1. The van der Waals surface area contributed by atoms with Gasteiger partial charge in [0, 0.05) is 13.2 Å². The van der Waals surface area contributed by atoms with Gasteiger partial charge in [-0.2, -0.15) is 5.48 Å². The predicted molar refractivity (Wildman–Crippen MR) is 43.2 cm³/mol. The molecular formula is C8H17NO2. The molecule has 1 aliphatic rings. The lowest BCUT2D eigenvalue weighted by atomic mass is 9.94. The minimum absolute atomic E-state index is 0.477. The molecule has 1 aliphatic carbocycles. The van der Waals surface area contributed by atoms with Crippen LogP contribution < -0.4 is 5.48 Å². The number of hydroxylamine groups is 1. The molecule has 3 nitrogen and oxygen atoms in total. The van der Waals surface area contributed by atoms with Crippen molar-refractivity contribution in [3.05, 3.63) is 0 Å². The van der Waals surface area contributed by atoms with Crippen LogP contribution in [0.2, 0.25) is 0 Å². The lowest BCUT2D eigenvalue weighted by Gasteiger charge is -2.27. The summed E-state index contributed by atoms with van der Waals surface area (Å²) in [6.45, 7) is 0. The van der Waals surface area contributed by atoms with Crippen LogP contribution in [0, 0.1) is 0 Å². The maximum absolute atomic E-state index is 5.25. The third kappa shape index (κ3) is 2.77. The van der Waals surface area contributed by atoms with Crippen LogP contribution in [0.25, 0.3) is 0 Å². The molecule has 1 rings (SSSR count).